The zero-order valence-electron chi connectivity index (χ0n) is 31.6. The minimum atomic E-state index is -1.21. The van der Waals surface area contributed by atoms with Crippen molar-refractivity contribution in [1.29, 1.82) is 0 Å². The molecule has 9 heteroatoms. The molecule has 0 bridgehead atoms. The minimum absolute atomic E-state index is 0.0259. The van der Waals surface area contributed by atoms with Gasteiger partial charge in [0.2, 0.25) is 11.8 Å². The van der Waals surface area contributed by atoms with E-state index in [9.17, 15) is 19.2 Å². The number of nitrogens with zero attached hydrogens (tertiary/aromatic N) is 1. The Kier molecular flexibility index (Phi) is 16.5. The van der Waals surface area contributed by atoms with Crippen LogP contribution in [0, 0.1) is 18.3 Å². The van der Waals surface area contributed by atoms with Crippen molar-refractivity contribution < 1.29 is 28.7 Å². The van der Waals surface area contributed by atoms with Crippen LogP contribution in [-0.4, -0.2) is 58.6 Å². The second-order valence-corrected chi connectivity index (χ2v) is 15.2. The number of unbranched alkanes of at least 4 members (excludes halogenated alkanes) is 4. The van der Waals surface area contributed by atoms with E-state index >= 15 is 0 Å². The maximum atomic E-state index is 14.7. The smallest absolute Gasteiger partial charge is 0.408 e. The second kappa shape index (κ2) is 19.8. The molecule has 0 spiro atoms. The molecule has 9 nitrogen and oxygen atoms in total. The summed E-state index contributed by atoms with van der Waals surface area (Å²) in [7, 11) is 0. The third-order valence-corrected chi connectivity index (χ3v) is 7.74. The van der Waals surface area contributed by atoms with Crippen molar-refractivity contribution in [3.8, 4) is 12.3 Å². The van der Waals surface area contributed by atoms with Crippen LogP contribution >= 0.6 is 0 Å². The van der Waals surface area contributed by atoms with Gasteiger partial charge in [-0.1, -0.05) is 101 Å². The summed E-state index contributed by atoms with van der Waals surface area (Å²) in [4.78, 5) is 57.6. The van der Waals surface area contributed by atoms with E-state index in [4.69, 9.17) is 15.9 Å². The predicted molar refractivity (Wildman–Crippen MR) is 198 cm³/mol. The Balaban J connectivity index is 2.69. The van der Waals surface area contributed by atoms with E-state index in [-0.39, 0.29) is 18.9 Å². The standard InChI is InChI=1S/C41H59N3O6/c1-11-13-14-15-21-26-44(37(46)33(27-29(3)4)43-39(48)50-41(8,9)10)35(32-25-20-19-24-31(32)12-2)36(45)42-34(38(47)49-40(5,6)7)28-30-22-17-16-18-23-30/h2,16-20,22-25,29,33-35H,11,13-15,21,26-28H2,1,3-10H3,(H,42,45)(H,43,48). The molecule has 0 aliphatic rings. The Hall–Kier alpha value is -4.32. The topological polar surface area (TPSA) is 114 Å². The summed E-state index contributed by atoms with van der Waals surface area (Å²) < 4.78 is 11.3. The third-order valence-electron chi connectivity index (χ3n) is 7.74. The average Bonchev–Trinajstić information content (AvgIpc) is 3.01. The fourth-order valence-corrected chi connectivity index (χ4v) is 5.58. The van der Waals surface area contributed by atoms with Crippen molar-refractivity contribution in [3.63, 3.8) is 0 Å². The normalized spacial score (nSPS) is 13.4. The van der Waals surface area contributed by atoms with Crippen molar-refractivity contribution in [2.45, 2.75) is 137 Å². The van der Waals surface area contributed by atoms with Gasteiger partial charge in [0.1, 0.15) is 29.3 Å². The summed E-state index contributed by atoms with van der Waals surface area (Å²) in [6.45, 7) is 16.8. The first kappa shape index (κ1) is 41.8. The zero-order chi connectivity index (χ0) is 37.5. The fourth-order valence-electron chi connectivity index (χ4n) is 5.58. The molecule has 0 saturated carbocycles. The van der Waals surface area contributed by atoms with Gasteiger partial charge in [0.15, 0.2) is 0 Å². The molecule has 2 rings (SSSR count). The van der Waals surface area contributed by atoms with Crippen LogP contribution in [-0.2, 0) is 30.3 Å². The first-order chi connectivity index (χ1) is 23.5. The first-order valence-corrected chi connectivity index (χ1v) is 17.9. The molecular weight excluding hydrogens is 630 g/mol. The Morgan fingerprint density at radius 1 is 0.800 bits per heavy atom. The van der Waals surface area contributed by atoms with E-state index in [1.807, 2.05) is 44.2 Å². The van der Waals surface area contributed by atoms with Gasteiger partial charge in [-0.3, -0.25) is 9.59 Å². The van der Waals surface area contributed by atoms with Gasteiger partial charge in [0.25, 0.3) is 0 Å². The van der Waals surface area contributed by atoms with Crippen LogP contribution < -0.4 is 10.6 Å². The Morgan fingerprint density at radius 2 is 1.40 bits per heavy atom. The molecule has 0 aliphatic carbocycles. The Morgan fingerprint density at radius 3 is 1.98 bits per heavy atom. The number of terminal acetylenes is 1. The summed E-state index contributed by atoms with van der Waals surface area (Å²) >= 11 is 0. The van der Waals surface area contributed by atoms with Crippen LogP contribution in [0.15, 0.2) is 54.6 Å². The van der Waals surface area contributed by atoms with Gasteiger partial charge >= 0.3 is 12.1 Å². The monoisotopic (exact) mass is 689 g/mol. The number of rotatable bonds is 17. The highest BCUT2D eigenvalue weighted by Gasteiger charge is 2.39. The van der Waals surface area contributed by atoms with Crippen LogP contribution in [0.2, 0.25) is 0 Å². The second-order valence-electron chi connectivity index (χ2n) is 15.2. The number of benzene rings is 2. The molecule has 0 heterocycles. The number of hydrogen-bond acceptors (Lipinski definition) is 6. The number of carbonyl (C=O) groups excluding carboxylic acids is 4. The van der Waals surface area contributed by atoms with Gasteiger partial charge < -0.3 is 25.0 Å². The molecule has 2 aromatic rings. The molecule has 274 valence electrons. The zero-order valence-corrected chi connectivity index (χ0v) is 31.6. The predicted octanol–water partition coefficient (Wildman–Crippen LogP) is 7.52. The van der Waals surface area contributed by atoms with Crippen molar-refractivity contribution in [1.82, 2.24) is 15.5 Å². The molecule has 0 aliphatic heterocycles. The van der Waals surface area contributed by atoms with Gasteiger partial charge in [0.05, 0.1) is 0 Å². The maximum absolute atomic E-state index is 14.7. The summed E-state index contributed by atoms with van der Waals surface area (Å²) in [5.74, 6) is 1.08. The molecule has 0 fully saturated rings. The number of ether oxygens (including phenoxy) is 2. The lowest BCUT2D eigenvalue weighted by Gasteiger charge is -2.36. The number of hydrogen-bond donors (Lipinski definition) is 2. The molecule has 0 radical (unpaired) electrons. The lowest BCUT2D eigenvalue weighted by molar-refractivity contribution is -0.159. The SMILES string of the molecule is C#Cc1ccccc1C(C(=O)NC(Cc1ccccc1)C(=O)OC(C)(C)C)N(CCCCCCC)C(=O)C(CC(C)C)NC(=O)OC(C)(C)C. The van der Waals surface area contributed by atoms with Crippen molar-refractivity contribution in [3.05, 3.63) is 71.3 Å². The summed E-state index contributed by atoms with van der Waals surface area (Å²) in [5.41, 5.74) is 0.125. The lowest BCUT2D eigenvalue weighted by atomic mass is 9.95. The molecule has 3 unspecified atom stereocenters. The van der Waals surface area contributed by atoms with E-state index in [2.05, 4.69) is 23.5 Å². The van der Waals surface area contributed by atoms with Crippen LogP contribution in [0.1, 0.15) is 124 Å². The quantitative estimate of drug-likeness (QED) is 0.101. The number of carbonyl (C=O) groups is 4. The largest absolute Gasteiger partial charge is 0.458 e. The number of esters is 1. The van der Waals surface area contributed by atoms with Crippen LogP contribution in [0.5, 0.6) is 0 Å². The molecule has 0 aromatic heterocycles. The Labute approximate surface area is 300 Å². The van der Waals surface area contributed by atoms with Crippen molar-refractivity contribution in [2.24, 2.45) is 5.92 Å². The van der Waals surface area contributed by atoms with E-state index in [0.717, 1.165) is 31.2 Å². The molecule has 2 N–H and O–H groups in total. The highest BCUT2D eigenvalue weighted by molar-refractivity contribution is 5.94. The van der Waals surface area contributed by atoms with E-state index in [1.54, 1.807) is 65.8 Å². The minimum Gasteiger partial charge on any atom is -0.458 e. The van der Waals surface area contributed by atoms with Crippen LogP contribution in [0.4, 0.5) is 4.79 Å². The third kappa shape index (κ3) is 14.7. The molecule has 3 atom stereocenters. The van der Waals surface area contributed by atoms with Gasteiger partial charge in [-0.15, -0.1) is 6.42 Å². The molecule has 0 saturated heterocycles. The molecular formula is C41H59N3O6. The average molecular weight is 690 g/mol. The van der Waals surface area contributed by atoms with Gasteiger partial charge in [-0.05, 0) is 77.5 Å². The first-order valence-electron chi connectivity index (χ1n) is 17.9. The summed E-state index contributed by atoms with van der Waals surface area (Å²) in [6.07, 6.45) is 10.2. The molecule has 50 heavy (non-hydrogen) atoms. The van der Waals surface area contributed by atoms with Gasteiger partial charge in [-0.25, -0.2) is 9.59 Å². The van der Waals surface area contributed by atoms with E-state index in [1.165, 1.54) is 4.90 Å². The van der Waals surface area contributed by atoms with Crippen molar-refractivity contribution >= 4 is 23.9 Å². The Bertz CT molecular complexity index is 1430. The summed E-state index contributed by atoms with van der Waals surface area (Å²) in [5, 5.41) is 5.74. The highest BCUT2D eigenvalue weighted by Crippen LogP contribution is 2.28. The fraction of sp³-hybridized carbons (Fsp3) is 0.561. The van der Waals surface area contributed by atoms with Crippen molar-refractivity contribution in [2.75, 3.05) is 6.54 Å². The highest BCUT2D eigenvalue weighted by atomic mass is 16.6. The van der Waals surface area contributed by atoms with Gasteiger partial charge in [0, 0.05) is 18.5 Å². The van der Waals surface area contributed by atoms with Gasteiger partial charge in [-0.2, -0.15) is 0 Å². The number of amides is 3. The van der Waals surface area contributed by atoms with E-state index in [0.29, 0.717) is 24.0 Å². The molecule has 3 amide bonds. The molecule has 2 aromatic carbocycles. The number of alkyl carbamates (subject to hydrolysis) is 1. The van der Waals surface area contributed by atoms with E-state index < -0.39 is 53.2 Å². The number of nitrogens with one attached hydrogen (secondary N) is 2. The lowest BCUT2D eigenvalue weighted by Crippen LogP contribution is -2.55. The summed E-state index contributed by atoms with van der Waals surface area (Å²) in [6, 6.07) is 13.1. The van der Waals surface area contributed by atoms with Crippen LogP contribution in [0.3, 0.4) is 0 Å². The van der Waals surface area contributed by atoms with Crippen LogP contribution in [0.25, 0.3) is 0 Å². The maximum Gasteiger partial charge on any atom is 0.408 e.